The summed E-state index contributed by atoms with van der Waals surface area (Å²) in [4.78, 5) is 22.2. The molecule has 20 heavy (non-hydrogen) atoms. The molecule has 6 nitrogen and oxygen atoms in total. The Balaban J connectivity index is 2.16. The molecule has 0 aliphatic rings. The van der Waals surface area contributed by atoms with Crippen molar-refractivity contribution in [1.82, 2.24) is 5.43 Å². The Labute approximate surface area is 117 Å². The molecule has 0 radical (unpaired) electrons. The van der Waals surface area contributed by atoms with Gasteiger partial charge < -0.3 is 9.47 Å². The molecule has 0 fully saturated rings. The lowest BCUT2D eigenvalue weighted by atomic mass is 10.2. The number of hydrogen-bond acceptors (Lipinski definition) is 5. The molecule has 0 unspecified atom stereocenters. The quantitative estimate of drug-likeness (QED) is 0.283. The fourth-order valence-corrected chi connectivity index (χ4v) is 1.12. The fourth-order valence-electron chi connectivity index (χ4n) is 1.12. The molecule has 1 aromatic rings. The summed E-state index contributed by atoms with van der Waals surface area (Å²) >= 11 is 0. The van der Waals surface area contributed by atoms with Crippen molar-refractivity contribution in [2.45, 2.75) is 6.92 Å². The van der Waals surface area contributed by atoms with Crippen LogP contribution in [0, 0.1) is 0 Å². The van der Waals surface area contributed by atoms with Gasteiger partial charge in [-0.2, -0.15) is 5.10 Å². The summed E-state index contributed by atoms with van der Waals surface area (Å²) in [5.74, 6) is -0.517. The highest BCUT2D eigenvalue weighted by atomic mass is 16.6. The van der Waals surface area contributed by atoms with E-state index in [0.29, 0.717) is 5.57 Å². The lowest BCUT2D eigenvalue weighted by molar-refractivity contribution is -0.139. The molecule has 1 amide bonds. The van der Waals surface area contributed by atoms with E-state index in [1.807, 2.05) is 30.3 Å². The van der Waals surface area contributed by atoms with E-state index in [4.69, 9.17) is 9.47 Å². The van der Waals surface area contributed by atoms with Crippen molar-refractivity contribution in [3.63, 3.8) is 0 Å². The van der Waals surface area contributed by atoms with Gasteiger partial charge >= 0.3 is 12.1 Å². The van der Waals surface area contributed by atoms with Crippen LogP contribution in [0.25, 0.3) is 0 Å². The van der Waals surface area contributed by atoms with Crippen LogP contribution < -0.4 is 5.43 Å². The molecule has 0 saturated carbocycles. The van der Waals surface area contributed by atoms with Crippen LogP contribution in [0.5, 0.6) is 0 Å². The average Bonchev–Trinajstić information content (AvgIpc) is 2.44. The third-order valence-electron chi connectivity index (χ3n) is 2.07. The first kappa shape index (κ1) is 15.4. The van der Waals surface area contributed by atoms with Crippen molar-refractivity contribution in [3.05, 3.63) is 48.0 Å². The third kappa shape index (κ3) is 6.34. The van der Waals surface area contributed by atoms with E-state index in [9.17, 15) is 9.59 Å². The zero-order valence-corrected chi connectivity index (χ0v) is 11.2. The Morgan fingerprint density at radius 2 is 1.90 bits per heavy atom. The van der Waals surface area contributed by atoms with E-state index in [0.717, 1.165) is 5.56 Å². The predicted molar refractivity (Wildman–Crippen MR) is 74.3 cm³/mol. The molecule has 6 heteroatoms. The van der Waals surface area contributed by atoms with Gasteiger partial charge in [-0.3, -0.25) is 0 Å². The first-order chi connectivity index (χ1) is 9.59. The van der Waals surface area contributed by atoms with Gasteiger partial charge in [0.15, 0.2) is 0 Å². The van der Waals surface area contributed by atoms with E-state index >= 15 is 0 Å². The molecule has 0 aromatic heterocycles. The molecule has 0 saturated heterocycles. The van der Waals surface area contributed by atoms with Gasteiger partial charge in [0.05, 0.1) is 6.21 Å². The maximum absolute atomic E-state index is 11.2. The Morgan fingerprint density at radius 1 is 1.25 bits per heavy atom. The SMILES string of the molecule is C=C(C)C(=O)OCCOC(=O)NN=Cc1ccccc1. The van der Waals surface area contributed by atoms with E-state index in [1.54, 1.807) is 0 Å². The maximum atomic E-state index is 11.2. The number of nitrogens with zero attached hydrogens (tertiary/aromatic N) is 1. The van der Waals surface area contributed by atoms with Gasteiger partial charge in [-0.25, -0.2) is 15.0 Å². The van der Waals surface area contributed by atoms with Crippen molar-refractivity contribution in [3.8, 4) is 0 Å². The second kappa shape index (κ2) is 8.47. The Hall–Kier alpha value is -2.63. The molecule has 0 bridgehead atoms. The Bertz CT molecular complexity index is 497. The van der Waals surface area contributed by atoms with Crippen LogP contribution in [0.1, 0.15) is 12.5 Å². The van der Waals surface area contributed by atoms with E-state index in [2.05, 4.69) is 17.1 Å². The van der Waals surface area contributed by atoms with Gasteiger partial charge in [0.25, 0.3) is 0 Å². The molecule has 1 rings (SSSR count). The van der Waals surface area contributed by atoms with E-state index in [1.165, 1.54) is 13.1 Å². The number of carbonyl (C=O) groups is 2. The third-order valence-corrected chi connectivity index (χ3v) is 2.07. The predicted octanol–water partition coefficient (Wildman–Crippen LogP) is 1.87. The average molecular weight is 276 g/mol. The van der Waals surface area contributed by atoms with Gasteiger partial charge in [-0.15, -0.1) is 0 Å². The van der Waals surface area contributed by atoms with Gasteiger partial charge in [0.2, 0.25) is 0 Å². The summed E-state index contributed by atoms with van der Waals surface area (Å²) in [6, 6.07) is 9.28. The van der Waals surface area contributed by atoms with Crippen LogP contribution in [0.2, 0.25) is 0 Å². The zero-order chi connectivity index (χ0) is 14.8. The van der Waals surface area contributed by atoms with Crippen molar-refractivity contribution >= 4 is 18.3 Å². The summed E-state index contributed by atoms with van der Waals surface area (Å²) in [6.45, 7) is 4.88. The second-order valence-electron chi connectivity index (χ2n) is 3.83. The summed E-state index contributed by atoms with van der Waals surface area (Å²) in [5, 5.41) is 3.71. The van der Waals surface area contributed by atoms with Crippen LogP contribution in [-0.4, -0.2) is 31.5 Å². The topological polar surface area (TPSA) is 77.0 Å². The van der Waals surface area contributed by atoms with E-state index in [-0.39, 0.29) is 13.2 Å². The van der Waals surface area contributed by atoms with Gasteiger partial charge in [0, 0.05) is 5.57 Å². The Kier molecular flexibility index (Phi) is 6.53. The highest BCUT2D eigenvalue weighted by Gasteiger charge is 2.04. The fraction of sp³-hybridized carbons (Fsp3) is 0.214. The van der Waals surface area contributed by atoms with Gasteiger partial charge in [-0.1, -0.05) is 36.9 Å². The van der Waals surface area contributed by atoms with Gasteiger partial charge in [-0.05, 0) is 12.5 Å². The van der Waals surface area contributed by atoms with Crippen LogP contribution in [0.4, 0.5) is 4.79 Å². The number of nitrogens with one attached hydrogen (secondary N) is 1. The summed E-state index contributed by atoms with van der Waals surface area (Å²) < 4.78 is 9.49. The van der Waals surface area contributed by atoms with Crippen LogP contribution in [0.3, 0.4) is 0 Å². The minimum absolute atomic E-state index is 0.0263. The number of carbonyl (C=O) groups excluding carboxylic acids is 2. The highest BCUT2D eigenvalue weighted by molar-refractivity contribution is 5.86. The largest absolute Gasteiger partial charge is 0.459 e. The Morgan fingerprint density at radius 3 is 2.55 bits per heavy atom. The first-order valence-corrected chi connectivity index (χ1v) is 5.93. The monoisotopic (exact) mass is 276 g/mol. The molecular weight excluding hydrogens is 260 g/mol. The smallest absolute Gasteiger partial charge is 0.427 e. The van der Waals surface area contributed by atoms with Crippen molar-refractivity contribution < 1.29 is 19.1 Å². The lowest BCUT2D eigenvalue weighted by Crippen LogP contribution is -2.21. The zero-order valence-electron chi connectivity index (χ0n) is 11.2. The van der Waals surface area contributed by atoms with Crippen molar-refractivity contribution in [2.75, 3.05) is 13.2 Å². The number of ether oxygens (including phenoxy) is 2. The minimum atomic E-state index is -0.719. The molecule has 0 spiro atoms. The molecule has 1 N–H and O–H groups in total. The lowest BCUT2D eigenvalue weighted by Gasteiger charge is -2.05. The number of hydrazone groups is 1. The molecule has 1 aromatic carbocycles. The number of amides is 1. The summed E-state index contributed by atoms with van der Waals surface area (Å²) in [6.07, 6.45) is 0.770. The number of esters is 1. The van der Waals surface area contributed by atoms with Crippen molar-refractivity contribution in [2.24, 2.45) is 5.10 Å². The van der Waals surface area contributed by atoms with Crippen molar-refractivity contribution in [1.29, 1.82) is 0 Å². The normalized spacial score (nSPS) is 10.1. The van der Waals surface area contributed by atoms with Crippen LogP contribution in [0.15, 0.2) is 47.6 Å². The molecule has 0 aliphatic carbocycles. The number of benzene rings is 1. The molecule has 0 atom stereocenters. The summed E-state index contributed by atoms with van der Waals surface area (Å²) in [5.41, 5.74) is 3.34. The standard InChI is InChI=1S/C14H16N2O4/c1-11(2)13(17)19-8-9-20-14(18)16-15-10-12-6-4-3-5-7-12/h3-7,10H,1,8-9H2,2H3,(H,16,18). The maximum Gasteiger partial charge on any atom is 0.427 e. The minimum Gasteiger partial charge on any atom is -0.459 e. The van der Waals surface area contributed by atoms with Crippen LogP contribution in [-0.2, 0) is 14.3 Å². The molecular formula is C14H16N2O4. The van der Waals surface area contributed by atoms with Gasteiger partial charge in [0.1, 0.15) is 13.2 Å². The second-order valence-corrected chi connectivity index (χ2v) is 3.83. The molecule has 106 valence electrons. The molecule has 0 aliphatic heterocycles. The first-order valence-electron chi connectivity index (χ1n) is 5.93. The van der Waals surface area contributed by atoms with Crippen LogP contribution >= 0.6 is 0 Å². The molecule has 0 heterocycles. The highest BCUT2D eigenvalue weighted by Crippen LogP contribution is 1.93. The number of rotatable bonds is 6. The van der Waals surface area contributed by atoms with E-state index < -0.39 is 12.1 Å². The number of hydrogen-bond donors (Lipinski definition) is 1. The summed E-state index contributed by atoms with van der Waals surface area (Å²) in [7, 11) is 0.